The molecule has 1 amide bonds. The van der Waals surface area contributed by atoms with Gasteiger partial charge >= 0.3 is 0 Å². The summed E-state index contributed by atoms with van der Waals surface area (Å²) in [6.07, 6.45) is 3.60. The smallest absolute Gasteiger partial charge is 0.255 e. The Kier molecular flexibility index (Phi) is 6.73. The molecular formula is C28H31N5O7. The predicted octanol–water partition coefficient (Wildman–Crippen LogP) is 0.352. The molecule has 3 aliphatic rings. The van der Waals surface area contributed by atoms with Crippen LogP contribution in [0.2, 0.25) is 0 Å². The number of benzene rings is 1. The van der Waals surface area contributed by atoms with Crippen LogP contribution in [0.3, 0.4) is 0 Å². The van der Waals surface area contributed by atoms with E-state index in [0.29, 0.717) is 18.7 Å². The molecule has 0 radical (unpaired) electrons. The van der Waals surface area contributed by atoms with E-state index in [2.05, 4.69) is 15.3 Å². The van der Waals surface area contributed by atoms with Gasteiger partial charge in [0, 0.05) is 37.0 Å². The highest BCUT2D eigenvalue weighted by Crippen LogP contribution is 2.52. The number of hydrogen-bond acceptors (Lipinski definition) is 11. The zero-order valence-corrected chi connectivity index (χ0v) is 22.3. The summed E-state index contributed by atoms with van der Waals surface area (Å²) in [6, 6.07) is 2.01. The van der Waals surface area contributed by atoms with Crippen LogP contribution >= 0.6 is 0 Å². The van der Waals surface area contributed by atoms with E-state index in [-0.39, 0.29) is 29.7 Å². The lowest BCUT2D eigenvalue weighted by atomic mass is 9.57. The second-order valence-electron chi connectivity index (χ2n) is 10.8. The lowest BCUT2D eigenvalue weighted by Crippen LogP contribution is -2.65. The van der Waals surface area contributed by atoms with Gasteiger partial charge < -0.3 is 31.5 Å². The first-order valence-electron chi connectivity index (χ1n) is 12.8. The van der Waals surface area contributed by atoms with Crippen molar-refractivity contribution in [2.75, 3.05) is 14.1 Å². The molecule has 0 bridgehead atoms. The molecular weight excluding hydrogens is 518 g/mol. The standard InChI is InChI=1S/C28H31N5O7/c1-12-8-32-15(11-31-12)10-30-9-13-4-5-18(34)20-16(13)6-14-7-17-22(33(2)3)24(36)21(27(29)39)26(38)28(17,40)25(37)19(14)23(20)35/h4-5,8,11,14,17,22,30,34-35,38,40H,6-7,9-10H2,1-3H3,(H2,29,39)/t14-,17-,22-,28-/m0/s1. The molecule has 40 heavy (non-hydrogen) atoms. The van der Waals surface area contributed by atoms with Crippen LogP contribution in [0.25, 0.3) is 5.76 Å². The number of carbonyl (C=O) groups excluding carboxylic acids is 3. The molecule has 12 nitrogen and oxygen atoms in total. The predicted molar refractivity (Wildman–Crippen MR) is 142 cm³/mol. The van der Waals surface area contributed by atoms with E-state index in [0.717, 1.165) is 17.0 Å². The van der Waals surface area contributed by atoms with Crippen molar-refractivity contribution in [2.45, 2.75) is 44.5 Å². The quantitative estimate of drug-likeness (QED) is 0.272. The van der Waals surface area contributed by atoms with Crippen LogP contribution in [0.4, 0.5) is 0 Å². The normalized spacial score (nSPS) is 26.1. The molecule has 0 unspecified atom stereocenters. The molecule has 12 heteroatoms. The number of ketones is 2. The number of likely N-dealkylation sites (N-methyl/N-ethyl adjacent to an activating group) is 1. The van der Waals surface area contributed by atoms with E-state index in [4.69, 9.17) is 5.73 Å². The fourth-order valence-corrected chi connectivity index (χ4v) is 6.31. The fraction of sp³-hybridized carbons (Fsp3) is 0.393. The van der Waals surface area contributed by atoms with Crippen LogP contribution in [-0.2, 0) is 33.9 Å². The van der Waals surface area contributed by atoms with Gasteiger partial charge in [-0.05, 0) is 57.0 Å². The second-order valence-corrected chi connectivity index (χ2v) is 10.8. The van der Waals surface area contributed by atoms with Crippen LogP contribution in [0.1, 0.15) is 34.5 Å². The number of amides is 1. The van der Waals surface area contributed by atoms with Crippen LogP contribution < -0.4 is 11.1 Å². The minimum atomic E-state index is -2.66. The van der Waals surface area contributed by atoms with Crippen molar-refractivity contribution in [3.05, 3.63) is 69.5 Å². The molecule has 1 aromatic carbocycles. The highest BCUT2D eigenvalue weighted by molar-refractivity contribution is 6.24. The molecule has 5 rings (SSSR count). The Balaban J connectivity index is 1.56. The largest absolute Gasteiger partial charge is 0.508 e. The van der Waals surface area contributed by atoms with Gasteiger partial charge in [-0.2, -0.15) is 0 Å². The average Bonchev–Trinajstić information content (AvgIpc) is 2.88. The number of aromatic hydroxyl groups is 1. The molecule has 210 valence electrons. The van der Waals surface area contributed by atoms with Crippen LogP contribution in [0, 0.1) is 18.8 Å². The maximum absolute atomic E-state index is 13.9. The summed E-state index contributed by atoms with van der Waals surface area (Å²) in [5, 5.41) is 47.9. The molecule has 4 atom stereocenters. The third kappa shape index (κ3) is 4.07. The number of aliphatic hydroxyl groups excluding tert-OH is 2. The summed E-state index contributed by atoms with van der Waals surface area (Å²) in [7, 11) is 3.13. The first-order valence-corrected chi connectivity index (χ1v) is 12.8. The molecule has 1 aromatic heterocycles. The number of primary amides is 1. The average molecular weight is 550 g/mol. The van der Waals surface area contributed by atoms with Gasteiger partial charge in [0.2, 0.25) is 5.78 Å². The number of nitrogens with one attached hydrogen (secondary N) is 1. The molecule has 0 spiro atoms. The first-order chi connectivity index (χ1) is 18.9. The summed E-state index contributed by atoms with van der Waals surface area (Å²) in [5.41, 5.74) is 4.67. The number of aryl methyl sites for hydroxylation is 1. The lowest BCUT2D eigenvalue weighted by molar-refractivity contribution is -0.153. The highest BCUT2D eigenvalue weighted by Gasteiger charge is 2.64. The summed E-state index contributed by atoms with van der Waals surface area (Å²) >= 11 is 0. The molecule has 7 N–H and O–H groups in total. The topological polar surface area (TPSA) is 199 Å². The van der Waals surface area contributed by atoms with Crippen molar-refractivity contribution in [1.82, 2.24) is 20.2 Å². The summed E-state index contributed by atoms with van der Waals surface area (Å²) in [4.78, 5) is 49.2. The number of phenols is 1. The van der Waals surface area contributed by atoms with Crippen molar-refractivity contribution < 1.29 is 34.8 Å². The van der Waals surface area contributed by atoms with Crippen molar-refractivity contribution in [1.29, 1.82) is 0 Å². The SMILES string of the molecule is Cc1cnc(CNCc2ccc(O)c3c2C[C@H]2C[C@H]4[C@H](N(C)C)C(=O)C(C(N)=O)=C(O)[C@@]4(O)C(=O)C2=C3O)cn1. The van der Waals surface area contributed by atoms with Crippen molar-refractivity contribution in [2.24, 2.45) is 17.6 Å². The molecule has 3 aliphatic carbocycles. The lowest BCUT2D eigenvalue weighted by Gasteiger charge is -2.50. The van der Waals surface area contributed by atoms with E-state index < -0.39 is 58.0 Å². The van der Waals surface area contributed by atoms with Crippen LogP contribution in [0.5, 0.6) is 5.75 Å². The van der Waals surface area contributed by atoms with Crippen LogP contribution in [-0.4, -0.2) is 78.5 Å². The molecule has 1 saturated carbocycles. The van der Waals surface area contributed by atoms with E-state index in [1.807, 2.05) is 6.92 Å². The van der Waals surface area contributed by atoms with Gasteiger partial charge in [0.1, 0.15) is 22.8 Å². The van der Waals surface area contributed by atoms with Gasteiger partial charge in [-0.25, -0.2) is 0 Å². The Morgan fingerprint density at radius 1 is 1.15 bits per heavy atom. The maximum Gasteiger partial charge on any atom is 0.255 e. The second kappa shape index (κ2) is 9.81. The number of nitrogens with zero attached hydrogens (tertiary/aromatic N) is 3. The number of phenolic OH excluding ortho intramolecular Hbond substituents is 1. The number of nitrogens with two attached hydrogens (primary N) is 1. The van der Waals surface area contributed by atoms with E-state index >= 15 is 0 Å². The van der Waals surface area contributed by atoms with Crippen molar-refractivity contribution in [3.8, 4) is 5.75 Å². The third-order valence-corrected chi connectivity index (χ3v) is 8.16. The van der Waals surface area contributed by atoms with Gasteiger partial charge in [0.15, 0.2) is 11.4 Å². The molecule has 1 heterocycles. The number of carbonyl (C=O) groups is 3. The molecule has 2 aromatic rings. The number of fused-ring (bicyclic) bond motifs is 3. The van der Waals surface area contributed by atoms with Gasteiger partial charge in [0.05, 0.1) is 23.0 Å². The summed E-state index contributed by atoms with van der Waals surface area (Å²) in [5.74, 6) is -6.71. The van der Waals surface area contributed by atoms with Crippen LogP contribution in [0.15, 0.2) is 41.4 Å². The number of aromatic nitrogens is 2. The maximum atomic E-state index is 13.9. The monoisotopic (exact) mass is 549 g/mol. The van der Waals surface area contributed by atoms with Crippen molar-refractivity contribution in [3.63, 3.8) is 0 Å². The Labute approximate surface area is 229 Å². The fourth-order valence-electron chi connectivity index (χ4n) is 6.31. The van der Waals surface area contributed by atoms with E-state index in [1.54, 1.807) is 32.6 Å². The molecule has 0 saturated heterocycles. The summed E-state index contributed by atoms with van der Waals surface area (Å²) in [6.45, 7) is 2.63. The minimum Gasteiger partial charge on any atom is -0.508 e. The minimum absolute atomic E-state index is 0.0350. The van der Waals surface area contributed by atoms with E-state index in [9.17, 15) is 34.8 Å². The van der Waals surface area contributed by atoms with Gasteiger partial charge in [-0.3, -0.25) is 29.3 Å². The van der Waals surface area contributed by atoms with Gasteiger partial charge in [-0.1, -0.05) is 6.07 Å². The Morgan fingerprint density at radius 2 is 1.88 bits per heavy atom. The Morgan fingerprint density at radius 3 is 2.50 bits per heavy atom. The number of Topliss-reactive ketones (excluding diaryl/α,β-unsaturated/α-hetero) is 2. The summed E-state index contributed by atoms with van der Waals surface area (Å²) < 4.78 is 0. The zero-order valence-electron chi connectivity index (χ0n) is 22.3. The number of hydrogen-bond donors (Lipinski definition) is 6. The third-order valence-electron chi connectivity index (χ3n) is 8.16. The number of aliphatic hydroxyl groups is 3. The molecule has 1 fully saturated rings. The molecule has 0 aliphatic heterocycles. The Bertz CT molecular complexity index is 1500. The van der Waals surface area contributed by atoms with Crippen molar-refractivity contribution >= 4 is 23.2 Å². The highest BCUT2D eigenvalue weighted by atomic mass is 16.3. The Hall–Kier alpha value is -4.13. The van der Waals surface area contributed by atoms with E-state index in [1.165, 1.54) is 11.0 Å². The van der Waals surface area contributed by atoms with Gasteiger partial charge in [0.25, 0.3) is 5.91 Å². The van der Waals surface area contributed by atoms with Gasteiger partial charge in [-0.15, -0.1) is 0 Å². The first kappa shape index (κ1) is 27.4. The number of rotatable bonds is 6. The zero-order chi connectivity index (χ0) is 29.1.